The number of thiazole rings is 1. The first kappa shape index (κ1) is 22.9. The van der Waals surface area contributed by atoms with Crippen LogP contribution in [0.25, 0.3) is 6.08 Å². The van der Waals surface area contributed by atoms with Gasteiger partial charge in [-0.3, -0.25) is 9.36 Å². The second kappa shape index (κ2) is 9.76. The van der Waals surface area contributed by atoms with Crippen LogP contribution in [-0.4, -0.2) is 23.4 Å². The average molecular weight is 489 g/mol. The van der Waals surface area contributed by atoms with Crippen LogP contribution in [0.3, 0.4) is 0 Å². The maximum Gasteiger partial charge on any atom is 0.338 e. The molecule has 2 unspecified atom stereocenters. The molecule has 1 aromatic heterocycles. The maximum absolute atomic E-state index is 13.6. The van der Waals surface area contributed by atoms with Gasteiger partial charge in [0.05, 0.1) is 22.4 Å². The van der Waals surface area contributed by atoms with Gasteiger partial charge in [0.1, 0.15) is 12.3 Å². The molecule has 0 radical (unpaired) electrons. The van der Waals surface area contributed by atoms with Gasteiger partial charge in [0.25, 0.3) is 5.56 Å². The van der Waals surface area contributed by atoms with Gasteiger partial charge in [-0.15, -0.1) is 0 Å². The Labute approximate surface area is 205 Å². The largest absolute Gasteiger partial charge is 0.463 e. The molecule has 2 aromatic carbocycles. The van der Waals surface area contributed by atoms with E-state index >= 15 is 0 Å². The Morgan fingerprint density at radius 3 is 2.57 bits per heavy atom. The molecule has 3 heterocycles. The lowest BCUT2D eigenvalue weighted by molar-refractivity contribution is -0.139. The molecule has 5 rings (SSSR count). The molecule has 0 aliphatic carbocycles. The van der Waals surface area contributed by atoms with Crippen LogP contribution in [0, 0.1) is 0 Å². The highest BCUT2D eigenvalue weighted by Crippen LogP contribution is 2.35. The standard InChI is InChI=1S/C27H24N2O5S/c1-3-32-26(31)23-17(2)28-27-29(25(30)21(35-27)14-18-10-6-4-7-11-18)24(23)20-16-33-22(34-20)15-19-12-8-5-9-13-19/h4-14,16,22,24H,3,15H2,1-2H3. The Morgan fingerprint density at radius 1 is 1.14 bits per heavy atom. The fraction of sp³-hybridized carbons (Fsp3) is 0.222. The number of aromatic nitrogens is 1. The summed E-state index contributed by atoms with van der Waals surface area (Å²) in [6, 6.07) is 18.6. The molecule has 0 amide bonds. The van der Waals surface area contributed by atoms with Crippen LogP contribution in [0.4, 0.5) is 0 Å². The summed E-state index contributed by atoms with van der Waals surface area (Å²) < 4.78 is 19.3. The van der Waals surface area contributed by atoms with E-state index in [2.05, 4.69) is 4.99 Å². The van der Waals surface area contributed by atoms with Crippen molar-refractivity contribution in [3.63, 3.8) is 0 Å². The average Bonchev–Trinajstić information content (AvgIpc) is 3.44. The number of fused-ring (bicyclic) bond motifs is 1. The van der Waals surface area contributed by atoms with E-state index in [-0.39, 0.29) is 17.7 Å². The molecule has 2 aliphatic heterocycles. The Kier molecular flexibility index (Phi) is 6.37. The predicted molar refractivity (Wildman–Crippen MR) is 132 cm³/mol. The Bertz CT molecular complexity index is 1490. The molecule has 0 fully saturated rings. The zero-order valence-electron chi connectivity index (χ0n) is 19.3. The highest BCUT2D eigenvalue weighted by molar-refractivity contribution is 7.07. The van der Waals surface area contributed by atoms with Gasteiger partial charge < -0.3 is 14.2 Å². The van der Waals surface area contributed by atoms with Gasteiger partial charge >= 0.3 is 5.97 Å². The van der Waals surface area contributed by atoms with Crippen LogP contribution in [0.5, 0.6) is 0 Å². The minimum absolute atomic E-state index is 0.202. The topological polar surface area (TPSA) is 79.1 Å². The van der Waals surface area contributed by atoms with Crippen molar-refractivity contribution >= 4 is 23.4 Å². The molecule has 0 saturated heterocycles. The number of hydrogen-bond donors (Lipinski definition) is 0. The number of ether oxygens (including phenoxy) is 3. The van der Waals surface area contributed by atoms with Crippen molar-refractivity contribution < 1.29 is 19.0 Å². The van der Waals surface area contributed by atoms with Crippen LogP contribution in [0.2, 0.25) is 0 Å². The summed E-state index contributed by atoms with van der Waals surface area (Å²) in [6.07, 6.45) is 3.27. The first-order valence-electron chi connectivity index (χ1n) is 11.4. The zero-order valence-corrected chi connectivity index (χ0v) is 20.2. The monoisotopic (exact) mass is 488 g/mol. The van der Waals surface area contributed by atoms with Gasteiger partial charge in [-0.05, 0) is 31.1 Å². The van der Waals surface area contributed by atoms with Crippen molar-refractivity contribution in [1.29, 1.82) is 0 Å². The van der Waals surface area contributed by atoms with Crippen LogP contribution >= 0.6 is 11.3 Å². The molecule has 0 saturated carbocycles. The van der Waals surface area contributed by atoms with E-state index < -0.39 is 18.3 Å². The smallest absolute Gasteiger partial charge is 0.338 e. The minimum Gasteiger partial charge on any atom is -0.463 e. The Morgan fingerprint density at radius 2 is 1.86 bits per heavy atom. The van der Waals surface area contributed by atoms with E-state index in [0.717, 1.165) is 11.1 Å². The quantitative estimate of drug-likeness (QED) is 0.498. The van der Waals surface area contributed by atoms with E-state index in [0.29, 0.717) is 27.2 Å². The summed E-state index contributed by atoms with van der Waals surface area (Å²) in [5.74, 6) is -0.164. The number of benzene rings is 2. The number of carbonyl (C=O) groups excluding carboxylic acids is 1. The van der Waals surface area contributed by atoms with Crippen molar-refractivity contribution in [1.82, 2.24) is 4.57 Å². The molecule has 0 spiro atoms. The molecule has 8 heteroatoms. The molecule has 2 aliphatic rings. The summed E-state index contributed by atoms with van der Waals surface area (Å²) in [6.45, 7) is 3.68. The molecule has 3 aromatic rings. The van der Waals surface area contributed by atoms with Gasteiger partial charge in [-0.25, -0.2) is 9.79 Å². The van der Waals surface area contributed by atoms with E-state index in [1.807, 2.05) is 66.7 Å². The van der Waals surface area contributed by atoms with Crippen LogP contribution in [-0.2, 0) is 25.4 Å². The first-order valence-corrected chi connectivity index (χ1v) is 12.2. The lowest BCUT2D eigenvalue weighted by atomic mass is 10.0. The second-order valence-electron chi connectivity index (χ2n) is 8.11. The Hall–Kier alpha value is -3.91. The van der Waals surface area contributed by atoms with Gasteiger partial charge in [-0.1, -0.05) is 72.0 Å². The SMILES string of the molecule is CCOC(=O)C1=C(C)N=c2sc(=Cc3ccccc3)c(=O)n2C1C1=COC(Cc2ccccc2)O1. The second-order valence-corrected chi connectivity index (χ2v) is 9.12. The molecular weight excluding hydrogens is 464 g/mol. The number of rotatable bonds is 6. The molecule has 178 valence electrons. The molecule has 2 atom stereocenters. The predicted octanol–water partition coefficient (Wildman–Crippen LogP) is 3.21. The summed E-state index contributed by atoms with van der Waals surface area (Å²) in [7, 11) is 0. The molecule has 0 N–H and O–H groups in total. The van der Waals surface area contributed by atoms with Crippen molar-refractivity contribution in [3.8, 4) is 0 Å². The van der Waals surface area contributed by atoms with Crippen molar-refractivity contribution in [2.24, 2.45) is 4.99 Å². The van der Waals surface area contributed by atoms with Gasteiger partial charge in [0, 0.05) is 6.42 Å². The van der Waals surface area contributed by atoms with E-state index in [1.165, 1.54) is 22.2 Å². The number of carbonyl (C=O) groups is 1. The third-order valence-electron chi connectivity index (χ3n) is 5.73. The van der Waals surface area contributed by atoms with Gasteiger partial charge in [0.2, 0.25) is 6.29 Å². The number of nitrogens with zero attached hydrogens (tertiary/aromatic N) is 2. The molecule has 35 heavy (non-hydrogen) atoms. The highest BCUT2D eigenvalue weighted by Gasteiger charge is 2.39. The fourth-order valence-corrected chi connectivity index (χ4v) is 5.18. The number of allylic oxidation sites excluding steroid dienone is 2. The molecular formula is C27H24N2O5S. The maximum atomic E-state index is 13.6. The lowest BCUT2D eigenvalue weighted by Crippen LogP contribution is -2.40. The summed E-state index contributed by atoms with van der Waals surface area (Å²) in [5.41, 5.74) is 2.44. The van der Waals surface area contributed by atoms with E-state index in [1.54, 1.807) is 13.8 Å². The van der Waals surface area contributed by atoms with E-state index in [4.69, 9.17) is 14.2 Å². The number of hydrogen-bond acceptors (Lipinski definition) is 7. The summed E-state index contributed by atoms with van der Waals surface area (Å²) in [4.78, 5) is 31.6. The first-order chi connectivity index (χ1) is 17.0. The molecule has 0 bridgehead atoms. The van der Waals surface area contributed by atoms with Crippen molar-refractivity contribution in [3.05, 3.63) is 115 Å². The summed E-state index contributed by atoms with van der Waals surface area (Å²) in [5, 5.41) is 0. The third kappa shape index (κ3) is 4.57. The fourth-order valence-electron chi connectivity index (χ4n) is 4.14. The zero-order chi connectivity index (χ0) is 24.4. The molecule has 7 nitrogen and oxygen atoms in total. The summed E-state index contributed by atoms with van der Waals surface area (Å²) >= 11 is 1.27. The van der Waals surface area contributed by atoms with Gasteiger partial charge in [-0.2, -0.15) is 0 Å². The van der Waals surface area contributed by atoms with Crippen LogP contribution in [0.1, 0.15) is 31.0 Å². The highest BCUT2D eigenvalue weighted by atomic mass is 32.1. The van der Waals surface area contributed by atoms with Crippen molar-refractivity contribution in [2.45, 2.75) is 32.6 Å². The third-order valence-corrected chi connectivity index (χ3v) is 6.72. The normalized spacial score (nSPS) is 19.4. The van der Waals surface area contributed by atoms with Gasteiger partial charge in [0.15, 0.2) is 10.6 Å². The lowest BCUT2D eigenvalue weighted by Gasteiger charge is -2.24. The van der Waals surface area contributed by atoms with Crippen LogP contribution in [0.15, 0.2) is 93.7 Å². The minimum atomic E-state index is -0.830. The van der Waals surface area contributed by atoms with Crippen molar-refractivity contribution in [2.75, 3.05) is 6.61 Å². The Balaban J connectivity index is 1.56. The van der Waals surface area contributed by atoms with E-state index in [9.17, 15) is 9.59 Å². The van der Waals surface area contributed by atoms with Crippen LogP contribution < -0.4 is 14.9 Å². The number of esters is 1.